The second kappa shape index (κ2) is 15.1. The molecular formula is C29H45N3O7. The van der Waals surface area contributed by atoms with Crippen LogP contribution in [-0.4, -0.2) is 97.4 Å². The maximum atomic E-state index is 13.7. The number of aliphatic carboxylic acids is 1. The van der Waals surface area contributed by atoms with E-state index in [-0.39, 0.29) is 48.8 Å². The zero-order valence-corrected chi connectivity index (χ0v) is 23.8. The summed E-state index contributed by atoms with van der Waals surface area (Å²) in [7, 11) is 3.23. The summed E-state index contributed by atoms with van der Waals surface area (Å²) in [5.74, 6) is 0.0890. The van der Waals surface area contributed by atoms with Gasteiger partial charge in [0.25, 0.3) is 5.91 Å². The molecule has 0 spiro atoms. The zero-order chi connectivity index (χ0) is 28.4. The number of nitrogens with one attached hydrogen (secondary N) is 1. The van der Waals surface area contributed by atoms with E-state index >= 15 is 0 Å². The van der Waals surface area contributed by atoms with Crippen LogP contribution in [0.3, 0.4) is 0 Å². The Morgan fingerprint density at radius 1 is 1.03 bits per heavy atom. The molecule has 1 heterocycles. The number of amides is 2. The summed E-state index contributed by atoms with van der Waals surface area (Å²) in [5.41, 5.74) is 0.563. The Labute approximate surface area is 232 Å². The molecule has 1 aliphatic heterocycles. The standard InChI is InChI=1S/C29H45N3O7/c1-20(2)32(29(36)21-6-11-25(38-4)26(18-21)39-17-5-16-37-3)24-8-7-22(30-19-24)14-15-31(23-9-10-23)27(33)12-13-28(34)35/h6,11,18,20,22-24,30H,5,7-10,12-17,19H2,1-4H3,(H,34,35)/t22-,24-/m1/s1. The van der Waals surface area contributed by atoms with Crippen molar-refractivity contribution in [1.82, 2.24) is 15.1 Å². The molecule has 1 aliphatic carbocycles. The first-order chi connectivity index (χ1) is 18.7. The molecule has 2 aliphatic rings. The van der Waals surface area contributed by atoms with Gasteiger partial charge in [0.05, 0.1) is 20.1 Å². The van der Waals surface area contributed by atoms with Crippen LogP contribution in [0.1, 0.15) is 75.6 Å². The van der Waals surface area contributed by atoms with E-state index in [9.17, 15) is 14.4 Å². The van der Waals surface area contributed by atoms with E-state index in [1.807, 2.05) is 23.6 Å². The minimum Gasteiger partial charge on any atom is -0.493 e. The van der Waals surface area contributed by atoms with Crippen LogP contribution in [0.15, 0.2) is 18.2 Å². The van der Waals surface area contributed by atoms with Crippen LogP contribution in [0.2, 0.25) is 0 Å². The minimum atomic E-state index is -0.941. The molecule has 10 heteroatoms. The fraction of sp³-hybridized carbons (Fsp3) is 0.690. The van der Waals surface area contributed by atoms with Crippen LogP contribution in [0.5, 0.6) is 11.5 Å². The Morgan fingerprint density at radius 2 is 1.77 bits per heavy atom. The molecule has 0 bridgehead atoms. The summed E-state index contributed by atoms with van der Waals surface area (Å²) in [4.78, 5) is 40.9. The van der Waals surface area contributed by atoms with Gasteiger partial charge in [0.1, 0.15) is 0 Å². The van der Waals surface area contributed by atoms with Crippen LogP contribution >= 0.6 is 0 Å². The third-order valence-corrected chi connectivity index (χ3v) is 7.41. The number of ether oxygens (including phenoxy) is 3. The van der Waals surface area contributed by atoms with Gasteiger partial charge in [-0.2, -0.15) is 0 Å². The number of carboxylic acid groups (broad SMARTS) is 1. The number of hydrogen-bond acceptors (Lipinski definition) is 7. The van der Waals surface area contributed by atoms with Gasteiger partial charge in [0, 0.05) is 69.4 Å². The van der Waals surface area contributed by atoms with E-state index in [0.29, 0.717) is 43.4 Å². The largest absolute Gasteiger partial charge is 0.493 e. The lowest BCUT2D eigenvalue weighted by atomic mass is 9.95. The van der Waals surface area contributed by atoms with Crippen molar-refractivity contribution in [3.8, 4) is 11.5 Å². The second-order valence-corrected chi connectivity index (χ2v) is 10.7. The van der Waals surface area contributed by atoms with Gasteiger partial charge in [0.15, 0.2) is 11.5 Å². The summed E-state index contributed by atoms with van der Waals surface area (Å²) in [6, 6.07) is 5.91. The molecule has 0 unspecified atom stereocenters. The van der Waals surface area contributed by atoms with Crippen molar-refractivity contribution in [1.29, 1.82) is 0 Å². The Hall–Kier alpha value is -2.85. The van der Waals surface area contributed by atoms with Gasteiger partial charge in [0.2, 0.25) is 5.91 Å². The van der Waals surface area contributed by atoms with Crippen LogP contribution in [0.25, 0.3) is 0 Å². The Bertz CT molecular complexity index is 958. The third-order valence-electron chi connectivity index (χ3n) is 7.41. The third kappa shape index (κ3) is 9.10. The number of nitrogens with zero attached hydrogens (tertiary/aromatic N) is 2. The zero-order valence-electron chi connectivity index (χ0n) is 23.8. The lowest BCUT2D eigenvalue weighted by Crippen LogP contribution is -2.54. The van der Waals surface area contributed by atoms with E-state index in [0.717, 1.165) is 38.5 Å². The van der Waals surface area contributed by atoms with Gasteiger partial charge in [-0.05, 0) is 64.2 Å². The number of benzene rings is 1. The molecule has 0 radical (unpaired) electrons. The molecule has 1 saturated carbocycles. The molecule has 0 aromatic heterocycles. The Balaban J connectivity index is 1.57. The summed E-state index contributed by atoms with van der Waals surface area (Å²) in [6.07, 6.45) is 5.25. The maximum absolute atomic E-state index is 13.7. The molecule has 1 saturated heterocycles. The molecule has 3 rings (SSSR count). The predicted octanol–water partition coefficient (Wildman–Crippen LogP) is 3.33. The summed E-state index contributed by atoms with van der Waals surface area (Å²) >= 11 is 0. The number of rotatable bonds is 16. The van der Waals surface area contributed by atoms with E-state index in [1.54, 1.807) is 32.4 Å². The molecule has 2 N–H and O–H groups in total. The first-order valence-corrected chi connectivity index (χ1v) is 14.1. The fourth-order valence-corrected chi connectivity index (χ4v) is 5.21. The highest BCUT2D eigenvalue weighted by Gasteiger charge is 2.34. The quantitative estimate of drug-likeness (QED) is 0.303. The van der Waals surface area contributed by atoms with Crippen molar-refractivity contribution in [2.75, 3.05) is 40.5 Å². The average Bonchev–Trinajstić information content (AvgIpc) is 3.76. The van der Waals surface area contributed by atoms with Gasteiger partial charge >= 0.3 is 5.97 Å². The number of carboxylic acids is 1. The number of methoxy groups -OCH3 is 2. The second-order valence-electron chi connectivity index (χ2n) is 10.7. The first kappa shape index (κ1) is 30.7. The Kier molecular flexibility index (Phi) is 11.9. The van der Waals surface area contributed by atoms with Crippen LogP contribution in [0.4, 0.5) is 0 Å². The van der Waals surface area contributed by atoms with Crippen molar-refractivity contribution in [2.45, 2.75) is 89.4 Å². The Morgan fingerprint density at radius 3 is 2.36 bits per heavy atom. The van der Waals surface area contributed by atoms with Gasteiger partial charge in [-0.3, -0.25) is 14.4 Å². The molecule has 39 heavy (non-hydrogen) atoms. The SMILES string of the molecule is COCCCOc1cc(C(=O)N(C(C)C)[C@@H]2CC[C@H](CCN(C(=O)CCC(=O)O)C3CC3)NC2)ccc1OC. The fourth-order valence-electron chi connectivity index (χ4n) is 5.21. The molecule has 1 aromatic carbocycles. The van der Waals surface area contributed by atoms with Gasteiger partial charge in [-0.15, -0.1) is 0 Å². The van der Waals surface area contributed by atoms with Crippen LogP contribution < -0.4 is 14.8 Å². The highest BCUT2D eigenvalue weighted by atomic mass is 16.5. The highest BCUT2D eigenvalue weighted by molar-refractivity contribution is 5.95. The maximum Gasteiger partial charge on any atom is 0.303 e. The van der Waals surface area contributed by atoms with Crippen LogP contribution in [0, 0.1) is 0 Å². The summed E-state index contributed by atoms with van der Waals surface area (Å²) in [5, 5.41) is 12.5. The van der Waals surface area contributed by atoms with E-state index < -0.39 is 5.97 Å². The van der Waals surface area contributed by atoms with Crippen LogP contribution in [-0.2, 0) is 14.3 Å². The van der Waals surface area contributed by atoms with Gasteiger partial charge in [-0.25, -0.2) is 0 Å². The molecular weight excluding hydrogens is 502 g/mol. The molecule has 2 atom stereocenters. The number of carbonyl (C=O) groups excluding carboxylic acids is 2. The predicted molar refractivity (Wildman–Crippen MR) is 147 cm³/mol. The molecule has 218 valence electrons. The molecule has 2 amide bonds. The number of hydrogen-bond donors (Lipinski definition) is 2. The molecule has 10 nitrogen and oxygen atoms in total. The van der Waals surface area contributed by atoms with Crippen molar-refractivity contribution in [2.24, 2.45) is 0 Å². The highest BCUT2D eigenvalue weighted by Crippen LogP contribution is 2.31. The first-order valence-electron chi connectivity index (χ1n) is 14.1. The van der Waals surface area contributed by atoms with Crippen molar-refractivity contribution < 1.29 is 33.7 Å². The monoisotopic (exact) mass is 547 g/mol. The molecule has 2 fully saturated rings. The smallest absolute Gasteiger partial charge is 0.303 e. The van der Waals surface area contributed by atoms with Crippen molar-refractivity contribution in [3.63, 3.8) is 0 Å². The van der Waals surface area contributed by atoms with E-state index in [2.05, 4.69) is 5.32 Å². The lowest BCUT2D eigenvalue weighted by Gasteiger charge is -2.40. The molecule has 1 aromatic rings. The average molecular weight is 548 g/mol. The lowest BCUT2D eigenvalue weighted by molar-refractivity contribution is -0.141. The topological polar surface area (TPSA) is 118 Å². The van der Waals surface area contributed by atoms with E-state index in [1.165, 1.54) is 0 Å². The van der Waals surface area contributed by atoms with Gasteiger partial charge in [-0.1, -0.05) is 0 Å². The number of piperidine rings is 1. The normalized spacial score (nSPS) is 19.0. The van der Waals surface area contributed by atoms with E-state index in [4.69, 9.17) is 19.3 Å². The minimum absolute atomic E-state index is 0.0197. The van der Waals surface area contributed by atoms with Crippen molar-refractivity contribution in [3.05, 3.63) is 23.8 Å². The van der Waals surface area contributed by atoms with Crippen molar-refractivity contribution >= 4 is 17.8 Å². The number of carbonyl (C=O) groups is 3. The summed E-state index contributed by atoms with van der Waals surface area (Å²) < 4.78 is 16.4. The summed E-state index contributed by atoms with van der Waals surface area (Å²) in [6.45, 7) is 6.45. The van der Waals surface area contributed by atoms with Gasteiger partial charge < -0.3 is 34.4 Å².